The monoisotopic (exact) mass is 382 g/mol. The number of thioether (sulfide) groups is 1. The van der Waals surface area contributed by atoms with Crippen LogP contribution in [0.25, 0.3) is 0 Å². The van der Waals surface area contributed by atoms with Crippen LogP contribution in [0.1, 0.15) is 35.7 Å². The fourth-order valence-corrected chi connectivity index (χ4v) is 4.85. The number of nitrogens with zero attached hydrogens (tertiary/aromatic N) is 1. The Morgan fingerprint density at radius 1 is 1.07 bits per heavy atom. The van der Waals surface area contributed by atoms with Crippen molar-refractivity contribution in [2.45, 2.75) is 37.6 Å². The minimum Gasteiger partial charge on any atom is -0.354 e. The van der Waals surface area contributed by atoms with E-state index in [1.54, 1.807) is 16.7 Å². The number of amides is 2. The first-order chi connectivity index (χ1) is 13.2. The first-order valence-electron chi connectivity index (χ1n) is 9.51. The van der Waals surface area contributed by atoms with Gasteiger partial charge in [-0.1, -0.05) is 61.9 Å². The van der Waals surface area contributed by atoms with Crippen molar-refractivity contribution in [2.75, 3.05) is 12.3 Å². The van der Waals surface area contributed by atoms with E-state index < -0.39 is 6.04 Å². The Labute approximate surface area is 165 Å². The highest BCUT2D eigenvalue weighted by Gasteiger charge is 2.41. The van der Waals surface area contributed by atoms with Gasteiger partial charge in [-0.15, -0.1) is 11.8 Å². The summed E-state index contributed by atoms with van der Waals surface area (Å²) in [6, 6.07) is 18.9. The van der Waals surface area contributed by atoms with E-state index in [0.29, 0.717) is 17.9 Å². The Morgan fingerprint density at radius 2 is 1.74 bits per heavy atom. The molecule has 0 aromatic heterocycles. The lowest BCUT2D eigenvalue weighted by atomic mass is 10.1. The second-order valence-electron chi connectivity index (χ2n) is 6.70. The molecule has 2 atom stereocenters. The molecular weight excluding hydrogens is 356 g/mol. The Balaban J connectivity index is 1.66. The Bertz CT molecular complexity index is 751. The van der Waals surface area contributed by atoms with Gasteiger partial charge in [0.05, 0.1) is 5.37 Å². The van der Waals surface area contributed by atoms with Gasteiger partial charge in [-0.3, -0.25) is 9.59 Å². The summed E-state index contributed by atoms with van der Waals surface area (Å²) in [5, 5.41) is 3.09. The number of carbonyl (C=O) groups excluding carboxylic acids is 2. The number of nitrogens with one attached hydrogen (secondary N) is 1. The second kappa shape index (κ2) is 9.60. The molecule has 4 nitrogen and oxygen atoms in total. The predicted octanol–water partition coefficient (Wildman–Crippen LogP) is 3.73. The van der Waals surface area contributed by atoms with E-state index in [1.165, 1.54) is 5.56 Å². The van der Waals surface area contributed by atoms with Crippen molar-refractivity contribution in [3.8, 4) is 0 Å². The molecule has 1 fully saturated rings. The van der Waals surface area contributed by atoms with Crippen LogP contribution >= 0.6 is 11.8 Å². The molecule has 1 aliphatic rings. The summed E-state index contributed by atoms with van der Waals surface area (Å²) in [7, 11) is 0. The lowest BCUT2D eigenvalue weighted by Gasteiger charge is -2.29. The van der Waals surface area contributed by atoms with Gasteiger partial charge in [0.25, 0.3) is 5.91 Å². The first-order valence-corrected chi connectivity index (χ1v) is 10.6. The summed E-state index contributed by atoms with van der Waals surface area (Å²) in [6.07, 6.45) is 2.67. The van der Waals surface area contributed by atoms with Gasteiger partial charge in [-0.05, 0) is 30.5 Å². The zero-order chi connectivity index (χ0) is 19.1. The maximum atomic E-state index is 13.1. The number of hydrogen-bond acceptors (Lipinski definition) is 3. The summed E-state index contributed by atoms with van der Waals surface area (Å²) in [5.41, 5.74) is 1.84. The average molecular weight is 383 g/mol. The number of rotatable bonds is 7. The van der Waals surface area contributed by atoms with Gasteiger partial charge in [0.2, 0.25) is 5.91 Å². The molecule has 1 saturated heterocycles. The van der Waals surface area contributed by atoms with Crippen LogP contribution in [-0.2, 0) is 11.2 Å². The fourth-order valence-electron chi connectivity index (χ4n) is 3.33. The van der Waals surface area contributed by atoms with Crippen LogP contribution in [0.2, 0.25) is 0 Å². The third kappa shape index (κ3) is 4.92. The number of hydrogen-bond donors (Lipinski definition) is 1. The van der Waals surface area contributed by atoms with Crippen LogP contribution in [0.5, 0.6) is 0 Å². The van der Waals surface area contributed by atoms with Gasteiger partial charge >= 0.3 is 0 Å². The SMILES string of the molecule is CCCC1SCC(C(=O)NCCc2ccccc2)N1C(=O)c1ccccc1. The normalized spacial score (nSPS) is 19.1. The van der Waals surface area contributed by atoms with E-state index in [2.05, 4.69) is 24.4 Å². The van der Waals surface area contributed by atoms with Crippen LogP contribution in [0.4, 0.5) is 0 Å². The molecule has 0 radical (unpaired) electrons. The Morgan fingerprint density at radius 3 is 2.41 bits per heavy atom. The van der Waals surface area contributed by atoms with E-state index >= 15 is 0 Å². The van der Waals surface area contributed by atoms with E-state index in [9.17, 15) is 9.59 Å². The fraction of sp³-hybridized carbons (Fsp3) is 0.364. The largest absolute Gasteiger partial charge is 0.354 e. The molecule has 27 heavy (non-hydrogen) atoms. The quantitative estimate of drug-likeness (QED) is 0.794. The van der Waals surface area contributed by atoms with Gasteiger partial charge in [-0.2, -0.15) is 0 Å². The van der Waals surface area contributed by atoms with Gasteiger partial charge in [0, 0.05) is 17.9 Å². The molecule has 0 saturated carbocycles. The summed E-state index contributed by atoms with van der Waals surface area (Å²) in [4.78, 5) is 27.7. The molecule has 2 amide bonds. The van der Waals surface area contributed by atoms with Crippen molar-refractivity contribution in [3.63, 3.8) is 0 Å². The third-order valence-electron chi connectivity index (χ3n) is 4.74. The molecule has 0 bridgehead atoms. The maximum Gasteiger partial charge on any atom is 0.255 e. The Kier molecular flexibility index (Phi) is 6.93. The summed E-state index contributed by atoms with van der Waals surface area (Å²) < 4.78 is 0. The topological polar surface area (TPSA) is 49.4 Å². The minimum absolute atomic E-state index is 0.0535. The van der Waals surface area contributed by atoms with E-state index in [0.717, 1.165) is 19.3 Å². The molecule has 2 aromatic carbocycles. The highest BCUT2D eigenvalue weighted by atomic mass is 32.2. The highest BCUT2D eigenvalue weighted by molar-refractivity contribution is 8.00. The number of carbonyl (C=O) groups is 2. The summed E-state index contributed by atoms with van der Waals surface area (Å²) in [6.45, 7) is 2.69. The third-order valence-corrected chi connectivity index (χ3v) is 6.10. The molecule has 2 aromatic rings. The van der Waals surface area contributed by atoms with Crippen LogP contribution in [0, 0.1) is 0 Å². The smallest absolute Gasteiger partial charge is 0.255 e. The second-order valence-corrected chi connectivity index (χ2v) is 7.91. The predicted molar refractivity (Wildman–Crippen MR) is 111 cm³/mol. The van der Waals surface area contributed by atoms with E-state index in [-0.39, 0.29) is 17.2 Å². The first kappa shape index (κ1) is 19.5. The molecule has 2 unspecified atom stereocenters. The van der Waals surface area contributed by atoms with Crippen LogP contribution in [0.3, 0.4) is 0 Å². The van der Waals surface area contributed by atoms with E-state index in [4.69, 9.17) is 0 Å². The van der Waals surface area contributed by atoms with E-state index in [1.807, 2.05) is 48.5 Å². The van der Waals surface area contributed by atoms with Crippen molar-refractivity contribution >= 4 is 23.6 Å². The molecule has 0 aliphatic carbocycles. The lowest BCUT2D eigenvalue weighted by molar-refractivity contribution is -0.124. The summed E-state index contributed by atoms with van der Waals surface area (Å²) >= 11 is 1.71. The lowest BCUT2D eigenvalue weighted by Crippen LogP contribution is -2.50. The minimum atomic E-state index is -0.407. The van der Waals surface area contributed by atoms with Crippen molar-refractivity contribution in [3.05, 3.63) is 71.8 Å². The highest BCUT2D eigenvalue weighted by Crippen LogP contribution is 2.33. The summed E-state index contributed by atoms with van der Waals surface area (Å²) in [5.74, 6) is 0.545. The van der Waals surface area contributed by atoms with Gasteiger partial charge in [0.15, 0.2) is 0 Å². The molecule has 142 valence electrons. The Hall–Kier alpha value is -2.27. The van der Waals surface area contributed by atoms with Gasteiger partial charge in [0.1, 0.15) is 6.04 Å². The molecule has 1 heterocycles. The van der Waals surface area contributed by atoms with Crippen molar-refractivity contribution < 1.29 is 9.59 Å². The van der Waals surface area contributed by atoms with Crippen LogP contribution in [0.15, 0.2) is 60.7 Å². The van der Waals surface area contributed by atoms with Crippen molar-refractivity contribution in [1.82, 2.24) is 10.2 Å². The molecular formula is C22H26N2O2S. The van der Waals surface area contributed by atoms with Crippen LogP contribution < -0.4 is 5.32 Å². The number of benzene rings is 2. The molecule has 1 aliphatic heterocycles. The van der Waals surface area contributed by atoms with Crippen molar-refractivity contribution in [1.29, 1.82) is 0 Å². The standard InChI is InChI=1S/C22H26N2O2S/c1-2-9-20-24(22(26)18-12-7-4-8-13-18)19(16-27-20)21(25)23-15-14-17-10-5-3-6-11-17/h3-8,10-13,19-20H,2,9,14-16H2,1H3,(H,23,25). The zero-order valence-corrected chi connectivity index (χ0v) is 16.5. The molecule has 3 rings (SSSR count). The van der Waals surface area contributed by atoms with Crippen LogP contribution in [-0.4, -0.2) is 40.4 Å². The zero-order valence-electron chi connectivity index (χ0n) is 15.6. The average Bonchev–Trinajstić information content (AvgIpc) is 3.13. The maximum absolute atomic E-state index is 13.1. The van der Waals surface area contributed by atoms with Crippen molar-refractivity contribution in [2.24, 2.45) is 0 Å². The van der Waals surface area contributed by atoms with Gasteiger partial charge in [-0.25, -0.2) is 0 Å². The molecule has 1 N–H and O–H groups in total. The van der Waals surface area contributed by atoms with Gasteiger partial charge < -0.3 is 10.2 Å². The molecule has 5 heteroatoms. The molecule has 0 spiro atoms.